The lowest BCUT2D eigenvalue weighted by Crippen LogP contribution is -2.52. The van der Waals surface area contributed by atoms with Crippen molar-refractivity contribution in [3.63, 3.8) is 0 Å². The van der Waals surface area contributed by atoms with Crippen LogP contribution in [0.5, 0.6) is 0 Å². The summed E-state index contributed by atoms with van der Waals surface area (Å²) in [5.41, 5.74) is -1.25. The molecule has 1 N–H and O–H groups in total. The van der Waals surface area contributed by atoms with Crippen LogP contribution in [0, 0.1) is 5.41 Å². The molecule has 1 aliphatic carbocycles. The molecule has 0 aromatic rings. The van der Waals surface area contributed by atoms with Gasteiger partial charge in [0.05, 0.1) is 5.76 Å². The Hall–Kier alpha value is -1.07. The first kappa shape index (κ1) is 16.3. The fourth-order valence-electron chi connectivity index (χ4n) is 3.21. The summed E-state index contributed by atoms with van der Waals surface area (Å²) in [4.78, 5) is 12.1. The predicted octanol–water partition coefficient (Wildman–Crippen LogP) is 3.15. The molecular formula is C16H26O4Si. The summed E-state index contributed by atoms with van der Waals surface area (Å²) in [5, 5.41) is 11.2. The molecule has 118 valence electrons. The molecule has 0 aromatic heterocycles. The van der Waals surface area contributed by atoms with Crippen LogP contribution >= 0.6 is 0 Å². The number of ether oxygens (including phenoxy) is 1. The van der Waals surface area contributed by atoms with E-state index in [0.29, 0.717) is 19.3 Å². The maximum atomic E-state index is 12.1. The lowest BCUT2D eigenvalue weighted by molar-refractivity contribution is -0.148. The van der Waals surface area contributed by atoms with Gasteiger partial charge >= 0.3 is 5.97 Å². The number of carbonyl (C=O) groups is 1. The summed E-state index contributed by atoms with van der Waals surface area (Å²) in [6.45, 7) is 12.0. The van der Waals surface area contributed by atoms with Crippen LogP contribution in [0.25, 0.3) is 0 Å². The van der Waals surface area contributed by atoms with Gasteiger partial charge in [-0.1, -0.05) is 6.08 Å². The first-order chi connectivity index (χ1) is 9.64. The predicted molar refractivity (Wildman–Crippen MR) is 84.1 cm³/mol. The Bertz CT molecular complexity index is 491. The Balaban J connectivity index is 2.46. The molecule has 0 amide bonds. The van der Waals surface area contributed by atoms with Crippen molar-refractivity contribution in [3.8, 4) is 0 Å². The van der Waals surface area contributed by atoms with Gasteiger partial charge in [0, 0.05) is 12.0 Å². The van der Waals surface area contributed by atoms with Crippen LogP contribution in [0.2, 0.25) is 19.6 Å². The van der Waals surface area contributed by atoms with Crippen LogP contribution in [0.4, 0.5) is 0 Å². The minimum atomic E-state index is -1.76. The molecule has 0 saturated carbocycles. The lowest BCUT2D eigenvalue weighted by Gasteiger charge is -2.43. The molecule has 1 fully saturated rings. The number of hydrogen-bond donors (Lipinski definition) is 1. The summed E-state index contributed by atoms with van der Waals surface area (Å²) in [6.07, 6.45) is 4.49. The zero-order valence-electron chi connectivity index (χ0n) is 13.5. The van der Waals surface area contributed by atoms with Gasteiger partial charge in [-0.3, -0.25) is 4.79 Å². The maximum absolute atomic E-state index is 12.1. The third-order valence-corrected chi connectivity index (χ3v) is 5.35. The van der Waals surface area contributed by atoms with Gasteiger partial charge in [0.15, 0.2) is 0 Å². The topological polar surface area (TPSA) is 55.8 Å². The number of esters is 1. The van der Waals surface area contributed by atoms with E-state index in [4.69, 9.17) is 9.16 Å². The van der Waals surface area contributed by atoms with Crippen LogP contribution in [0.15, 0.2) is 24.0 Å². The van der Waals surface area contributed by atoms with Crippen molar-refractivity contribution in [2.24, 2.45) is 5.41 Å². The molecule has 1 heterocycles. The molecule has 1 aliphatic heterocycles. The van der Waals surface area contributed by atoms with Crippen molar-refractivity contribution in [3.05, 3.63) is 24.0 Å². The van der Waals surface area contributed by atoms with Gasteiger partial charge in [-0.05, 0) is 45.8 Å². The van der Waals surface area contributed by atoms with Crippen molar-refractivity contribution in [1.82, 2.24) is 0 Å². The molecule has 2 rings (SSSR count). The van der Waals surface area contributed by atoms with Crippen LogP contribution in [0.3, 0.4) is 0 Å². The van der Waals surface area contributed by atoms with Crippen molar-refractivity contribution >= 4 is 14.3 Å². The highest BCUT2D eigenvalue weighted by atomic mass is 28.4. The van der Waals surface area contributed by atoms with Gasteiger partial charge < -0.3 is 14.3 Å². The van der Waals surface area contributed by atoms with Gasteiger partial charge in [0.1, 0.15) is 17.6 Å². The van der Waals surface area contributed by atoms with Crippen molar-refractivity contribution < 1.29 is 19.1 Å². The van der Waals surface area contributed by atoms with Crippen LogP contribution in [0.1, 0.15) is 32.6 Å². The number of rotatable bonds is 5. The van der Waals surface area contributed by atoms with E-state index in [1.807, 2.05) is 13.0 Å². The largest absolute Gasteiger partial charge is 0.547 e. The number of aliphatic hydroxyl groups is 1. The summed E-state index contributed by atoms with van der Waals surface area (Å²) in [6, 6.07) is 0. The molecule has 0 aromatic carbocycles. The van der Waals surface area contributed by atoms with E-state index in [1.165, 1.54) is 0 Å². The van der Waals surface area contributed by atoms with Crippen molar-refractivity contribution in [2.75, 3.05) is 6.61 Å². The molecule has 2 atom stereocenters. The molecule has 0 bridgehead atoms. The average molecular weight is 310 g/mol. The fourth-order valence-corrected chi connectivity index (χ4v) is 4.17. The standard InChI is InChI=1S/C16H26O4Si/c1-6-7-8-12-13(20-21(3,4)5)9-10-15(2)14(17)19-11-16(12,15)18/h6,18H,1,7-11H2,2-5H3/t15-,16+/m1/s1. The van der Waals surface area contributed by atoms with E-state index in [2.05, 4.69) is 26.2 Å². The molecule has 5 heteroatoms. The Morgan fingerprint density at radius 2 is 2.14 bits per heavy atom. The van der Waals surface area contributed by atoms with E-state index in [9.17, 15) is 9.90 Å². The second-order valence-electron chi connectivity index (χ2n) is 7.21. The highest BCUT2D eigenvalue weighted by Crippen LogP contribution is 2.53. The lowest BCUT2D eigenvalue weighted by atomic mass is 9.64. The molecule has 0 unspecified atom stereocenters. The first-order valence-electron chi connectivity index (χ1n) is 7.56. The highest BCUT2D eigenvalue weighted by molar-refractivity contribution is 6.70. The Morgan fingerprint density at radius 1 is 1.48 bits per heavy atom. The van der Waals surface area contributed by atoms with Gasteiger partial charge in [0.2, 0.25) is 8.32 Å². The molecule has 0 spiro atoms. The highest BCUT2D eigenvalue weighted by Gasteiger charge is 2.63. The van der Waals surface area contributed by atoms with Crippen molar-refractivity contribution in [1.29, 1.82) is 0 Å². The van der Waals surface area contributed by atoms with Crippen molar-refractivity contribution in [2.45, 2.75) is 57.8 Å². The fraction of sp³-hybridized carbons (Fsp3) is 0.688. The number of carbonyl (C=O) groups excluding carboxylic acids is 1. The summed E-state index contributed by atoms with van der Waals surface area (Å²) in [7, 11) is -1.76. The zero-order chi connectivity index (χ0) is 15.9. The normalized spacial score (nSPS) is 32.7. The summed E-state index contributed by atoms with van der Waals surface area (Å²) in [5.74, 6) is 0.572. The van der Waals surface area contributed by atoms with Crippen LogP contribution in [-0.4, -0.2) is 31.6 Å². The Morgan fingerprint density at radius 3 is 2.71 bits per heavy atom. The van der Waals surface area contributed by atoms with Crippen LogP contribution in [-0.2, 0) is 14.0 Å². The quantitative estimate of drug-likeness (QED) is 0.481. The number of fused-ring (bicyclic) bond motifs is 1. The molecule has 0 radical (unpaired) electrons. The van der Waals surface area contributed by atoms with E-state index in [1.54, 1.807) is 0 Å². The van der Waals surface area contributed by atoms with Gasteiger partial charge in [-0.25, -0.2) is 0 Å². The Kier molecular flexibility index (Phi) is 4.10. The summed E-state index contributed by atoms with van der Waals surface area (Å²) < 4.78 is 11.4. The van der Waals surface area contributed by atoms with Gasteiger partial charge in [-0.2, -0.15) is 0 Å². The molecule has 21 heavy (non-hydrogen) atoms. The number of hydrogen-bond acceptors (Lipinski definition) is 4. The van der Waals surface area contributed by atoms with E-state index >= 15 is 0 Å². The minimum Gasteiger partial charge on any atom is -0.547 e. The summed E-state index contributed by atoms with van der Waals surface area (Å²) >= 11 is 0. The van der Waals surface area contributed by atoms with E-state index in [-0.39, 0.29) is 12.6 Å². The third kappa shape index (κ3) is 2.69. The number of cyclic esters (lactones) is 1. The van der Waals surface area contributed by atoms with E-state index in [0.717, 1.165) is 17.8 Å². The SMILES string of the molecule is C=CCCC1=C(O[Si](C)(C)C)CC[C@]2(C)C(=O)OC[C@]12O. The molecule has 4 nitrogen and oxygen atoms in total. The van der Waals surface area contributed by atoms with Gasteiger partial charge in [0.25, 0.3) is 0 Å². The second kappa shape index (κ2) is 5.28. The zero-order valence-corrected chi connectivity index (χ0v) is 14.5. The van der Waals surface area contributed by atoms with E-state index < -0.39 is 19.3 Å². The molecule has 2 aliphatic rings. The first-order valence-corrected chi connectivity index (χ1v) is 11.0. The minimum absolute atomic E-state index is 0.0351. The Labute approximate surface area is 128 Å². The molecular weight excluding hydrogens is 284 g/mol. The monoisotopic (exact) mass is 310 g/mol. The van der Waals surface area contributed by atoms with Gasteiger partial charge in [-0.15, -0.1) is 6.58 Å². The number of allylic oxidation sites excluding steroid dienone is 2. The second-order valence-corrected chi connectivity index (χ2v) is 11.6. The maximum Gasteiger partial charge on any atom is 0.315 e. The van der Waals surface area contributed by atoms with Crippen LogP contribution < -0.4 is 0 Å². The average Bonchev–Trinajstić information content (AvgIpc) is 2.61. The smallest absolute Gasteiger partial charge is 0.315 e. The third-order valence-electron chi connectivity index (χ3n) is 4.49. The molecule has 1 saturated heterocycles.